The van der Waals surface area contributed by atoms with Crippen molar-refractivity contribution >= 4 is 17.5 Å². The molecule has 5 nitrogen and oxygen atoms in total. The Morgan fingerprint density at radius 3 is 1.65 bits per heavy atom. The minimum Gasteiger partial charge on any atom is -0.390 e. The zero-order chi connectivity index (χ0) is 21.8. The molecule has 1 saturated heterocycles. The molecule has 0 bridgehead atoms. The summed E-state index contributed by atoms with van der Waals surface area (Å²) >= 11 is 0. The summed E-state index contributed by atoms with van der Waals surface area (Å²) < 4.78 is 0. The summed E-state index contributed by atoms with van der Waals surface area (Å²) in [5, 5.41) is 11.2. The molecule has 4 rings (SSSR count). The van der Waals surface area contributed by atoms with Crippen molar-refractivity contribution < 1.29 is 19.5 Å². The number of nitrogens with zero attached hydrogens (tertiary/aromatic N) is 1. The lowest BCUT2D eigenvalue weighted by Gasteiger charge is -2.42. The fourth-order valence-electron chi connectivity index (χ4n) is 4.14. The zero-order valence-electron chi connectivity index (χ0n) is 16.9. The van der Waals surface area contributed by atoms with Gasteiger partial charge in [0.2, 0.25) is 0 Å². The van der Waals surface area contributed by atoms with E-state index in [1.807, 2.05) is 12.1 Å². The second-order valence-corrected chi connectivity index (χ2v) is 7.66. The van der Waals surface area contributed by atoms with Crippen molar-refractivity contribution in [3.63, 3.8) is 0 Å². The van der Waals surface area contributed by atoms with Gasteiger partial charge in [0.15, 0.2) is 11.6 Å². The molecule has 156 valence electrons. The molecule has 3 unspecified atom stereocenters. The van der Waals surface area contributed by atoms with E-state index in [1.54, 1.807) is 78.9 Å². The summed E-state index contributed by atoms with van der Waals surface area (Å²) in [6, 6.07) is 24.9. The van der Waals surface area contributed by atoms with E-state index in [2.05, 4.69) is 0 Å². The molecule has 1 heterocycles. The molecule has 3 aromatic rings. The van der Waals surface area contributed by atoms with Crippen LogP contribution in [-0.4, -0.2) is 46.2 Å². The van der Waals surface area contributed by atoms with E-state index in [0.29, 0.717) is 16.7 Å². The highest BCUT2D eigenvalue weighted by molar-refractivity contribution is 6.06. The lowest BCUT2D eigenvalue weighted by Crippen LogP contribution is -2.59. The van der Waals surface area contributed by atoms with Crippen molar-refractivity contribution in [2.75, 3.05) is 6.54 Å². The largest absolute Gasteiger partial charge is 0.390 e. The SMILES string of the molecule is O=C(c1ccccc1)C1CCN(C(=O)c2ccccc2)C(C(=O)c2ccccc2)C1O. The standard InChI is InChI=1S/C26H23NO4/c28-23(18-10-4-1-5-11-18)21-16-17-27(26(31)20-14-8-3-9-15-20)22(25(21)30)24(29)19-12-6-2-7-13-19/h1-15,21-22,25,30H,16-17H2. The van der Waals surface area contributed by atoms with E-state index in [0.717, 1.165) is 0 Å². The van der Waals surface area contributed by atoms with Gasteiger partial charge in [-0.1, -0.05) is 78.9 Å². The van der Waals surface area contributed by atoms with E-state index in [1.165, 1.54) is 4.90 Å². The molecule has 0 saturated carbocycles. The number of carbonyl (C=O) groups excluding carboxylic acids is 3. The molecule has 1 amide bonds. The maximum absolute atomic E-state index is 13.4. The highest BCUT2D eigenvalue weighted by Crippen LogP contribution is 2.30. The fourth-order valence-corrected chi connectivity index (χ4v) is 4.14. The lowest BCUT2D eigenvalue weighted by atomic mass is 9.79. The predicted octanol–water partition coefficient (Wildman–Crippen LogP) is 3.64. The number of aliphatic hydroxyl groups excluding tert-OH is 1. The average Bonchev–Trinajstić information content (AvgIpc) is 2.84. The maximum Gasteiger partial charge on any atom is 0.254 e. The number of benzene rings is 3. The number of likely N-dealkylation sites (tertiary alicyclic amines) is 1. The maximum atomic E-state index is 13.4. The van der Waals surface area contributed by atoms with E-state index >= 15 is 0 Å². The third-order valence-corrected chi connectivity index (χ3v) is 5.76. The van der Waals surface area contributed by atoms with Gasteiger partial charge in [-0.2, -0.15) is 0 Å². The summed E-state index contributed by atoms with van der Waals surface area (Å²) in [6.07, 6.45) is -1.02. The lowest BCUT2D eigenvalue weighted by molar-refractivity contribution is -0.00904. The number of piperidine rings is 1. The second kappa shape index (κ2) is 9.06. The minimum atomic E-state index is -1.30. The van der Waals surface area contributed by atoms with Gasteiger partial charge in [-0.05, 0) is 18.6 Å². The first-order chi connectivity index (χ1) is 15.1. The summed E-state index contributed by atoms with van der Waals surface area (Å²) in [4.78, 5) is 41.1. The first-order valence-electron chi connectivity index (χ1n) is 10.3. The Bertz CT molecular complexity index is 1070. The quantitative estimate of drug-likeness (QED) is 0.648. The van der Waals surface area contributed by atoms with E-state index in [4.69, 9.17) is 0 Å². The number of rotatable bonds is 5. The summed E-state index contributed by atoms with van der Waals surface area (Å²) in [6.45, 7) is 0.206. The number of amides is 1. The zero-order valence-corrected chi connectivity index (χ0v) is 16.9. The van der Waals surface area contributed by atoms with E-state index < -0.39 is 18.1 Å². The molecule has 0 aromatic heterocycles. The number of hydrogen-bond acceptors (Lipinski definition) is 4. The van der Waals surface area contributed by atoms with Gasteiger partial charge in [-0.3, -0.25) is 14.4 Å². The third-order valence-electron chi connectivity index (χ3n) is 5.76. The van der Waals surface area contributed by atoms with Crippen molar-refractivity contribution in [2.24, 2.45) is 5.92 Å². The van der Waals surface area contributed by atoms with Crippen molar-refractivity contribution in [1.82, 2.24) is 4.90 Å². The number of aliphatic hydroxyl groups is 1. The third kappa shape index (κ3) is 4.18. The van der Waals surface area contributed by atoms with Gasteiger partial charge in [0.1, 0.15) is 6.04 Å². The fraction of sp³-hybridized carbons (Fsp3) is 0.192. The van der Waals surface area contributed by atoms with Crippen LogP contribution in [0.3, 0.4) is 0 Å². The van der Waals surface area contributed by atoms with Crippen molar-refractivity contribution in [2.45, 2.75) is 18.6 Å². The molecule has 0 spiro atoms. The van der Waals surface area contributed by atoms with Crippen LogP contribution in [0, 0.1) is 5.92 Å². The molecule has 1 aliphatic rings. The van der Waals surface area contributed by atoms with Crippen LogP contribution in [0.5, 0.6) is 0 Å². The summed E-state index contributed by atoms with van der Waals surface area (Å²) in [5.74, 6) is -1.69. The Morgan fingerprint density at radius 2 is 1.13 bits per heavy atom. The monoisotopic (exact) mass is 413 g/mol. The molecule has 0 aliphatic carbocycles. The first-order valence-corrected chi connectivity index (χ1v) is 10.3. The molecule has 1 aliphatic heterocycles. The molecular weight excluding hydrogens is 390 g/mol. The van der Waals surface area contributed by atoms with Crippen LogP contribution >= 0.6 is 0 Å². The smallest absolute Gasteiger partial charge is 0.254 e. The van der Waals surface area contributed by atoms with Gasteiger partial charge in [-0.25, -0.2) is 0 Å². The highest BCUT2D eigenvalue weighted by Gasteiger charge is 2.46. The summed E-state index contributed by atoms with van der Waals surface area (Å²) in [5.41, 5.74) is 1.32. The topological polar surface area (TPSA) is 74.7 Å². The number of carbonyl (C=O) groups is 3. The van der Waals surface area contributed by atoms with Crippen LogP contribution in [0.4, 0.5) is 0 Å². The van der Waals surface area contributed by atoms with Crippen molar-refractivity contribution in [3.8, 4) is 0 Å². The Morgan fingerprint density at radius 1 is 0.677 bits per heavy atom. The molecular formula is C26H23NO4. The minimum absolute atomic E-state index is 0.206. The number of Topliss-reactive ketones (excluding diaryl/α,β-unsaturated/α-hetero) is 2. The van der Waals surface area contributed by atoms with Gasteiger partial charge in [0, 0.05) is 23.2 Å². The molecule has 3 aromatic carbocycles. The first kappa shape index (κ1) is 20.7. The van der Waals surface area contributed by atoms with E-state index in [9.17, 15) is 19.5 Å². The van der Waals surface area contributed by atoms with Crippen LogP contribution < -0.4 is 0 Å². The average molecular weight is 413 g/mol. The molecule has 1 fully saturated rings. The van der Waals surface area contributed by atoms with Crippen LogP contribution in [0.25, 0.3) is 0 Å². The van der Waals surface area contributed by atoms with Gasteiger partial charge in [-0.15, -0.1) is 0 Å². The van der Waals surface area contributed by atoms with Crippen LogP contribution in [0.1, 0.15) is 37.5 Å². The number of hydrogen-bond donors (Lipinski definition) is 1. The van der Waals surface area contributed by atoms with Crippen LogP contribution in [0.2, 0.25) is 0 Å². The Balaban J connectivity index is 1.69. The van der Waals surface area contributed by atoms with Crippen molar-refractivity contribution in [3.05, 3.63) is 108 Å². The molecule has 1 N–H and O–H groups in total. The second-order valence-electron chi connectivity index (χ2n) is 7.66. The van der Waals surface area contributed by atoms with E-state index in [-0.39, 0.29) is 30.4 Å². The molecule has 3 atom stereocenters. The Hall–Kier alpha value is -3.57. The molecule has 31 heavy (non-hydrogen) atoms. The molecule has 0 radical (unpaired) electrons. The van der Waals surface area contributed by atoms with Gasteiger partial charge in [0.05, 0.1) is 12.0 Å². The van der Waals surface area contributed by atoms with Crippen LogP contribution in [-0.2, 0) is 0 Å². The number of ketones is 2. The van der Waals surface area contributed by atoms with Crippen molar-refractivity contribution in [1.29, 1.82) is 0 Å². The Labute approximate surface area is 180 Å². The normalized spacial score (nSPS) is 20.8. The van der Waals surface area contributed by atoms with Gasteiger partial charge < -0.3 is 10.0 Å². The van der Waals surface area contributed by atoms with Crippen LogP contribution in [0.15, 0.2) is 91.0 Å². The molecule has 5 heteroatoms. The van der Waals surface area contributed by atoms with Gasteiger partial charge >= 0.3 is 0 Å². The predicted molar refractivity (Wildman–Crippen MR) is 117 cm³/mol. The van der Waals surface area contributed by atoms with Gasteiger partial charge in [0.25, 0.3) is 5.91 Å². The Kier molecular flexibility index (Phi) is 6.05. The highest BCUT2D eigenvalue weighted by atomic mass is 16.3. The summed E-state index contributed by atoms with van der Waals surface area (Å²) in [7, 11) is 0.